The van der Waals surface area contributed by atoms with E-state index in [4.69, 9.17) is 0 Å². The summed E-state index contributed by atoms with van der Waals surface area (Å²) in [6.07, 6.45) is -0.533. The number of hydrogen-bond acceptors (Lipinski definition) is 3. The van der Waals surface area contributed by atoms with Crippen molar-refractivity contribution in [1.82, 2.24) is 9.80 Å². The van der Waals surface area contributed by atoms with Crippen LogP contribution < -0.4 is 0 Å². The van der Waals surface area contributed by atoms with Gasteiger partial charge in [0, 0.05) is 38.3 Å². The lowest BCUT2D eigenvalue weighted by atomic mass is 10.1. The lowest BCUT2D eigenvalue weighted by molar-refractivity contribution is 0.0527. The van der Waals surface area contributed by atoms with Crippen molar-refractivity contribution in [2.75, 3.05) is 32.7 Å². The van der Waals surface area contributed by atoms with Gasteiger partial charge in [-0.3, -0.25) is 9.69 Å². The Morgan fingerprint density at radius 1 is 1.12 bits per heavy atom. The van der Waals surface area contributed by atoms with Crippen LogP contribution in [0.2, 0.25) is 0 Å². The molecular weight excluding hydrogens is 319 g/mol. The first kappa shape index (κ1) is 17.6. The number of carbonyl (C=O) groups excluding carboxylic acids is 1. The van der Waals surface area contributed by atoms with E-state index < -0.39 is 6.10 Å². The molecule has 1 aliphatic rings. The monoisotopic (exact) mass is 342 g/mol. The third-order valence-corrected chi connectivity index (χ3v) is 4.69. The van der Waals surface area contributed by atoms with E-state index in [-0.39, 0.29) is 11.7 Å². The normalized spacial score (nSPS) is 16.7. The van der Waals surface area contributed by atoms with E-state index >= 15 is 0 Å². The van der Waals surface area contributed by atoms with Gasteiger partial charge < -0.3 is 10.0 Å². The van der Waals surface area contributed by atoms with Crippen LogP contribution in [0.3, 0.4) is 0 Å². The molecule has 5 heteroatoms. The van der Waals surface area contributed by atoms with E-state index in [1.807, 2.05) is 30.3 Å². The number of benzene rings is 2. The molecule has 1 atom stereocenters. The number of piperazine rings is 1. The number of hydrogen-bond donors (Lipinski definition) is 1. The summed E-state index contributed by atoms with van der Waals surface area (Å²) in [6, 6.07) is 14.2. The van der Waals surface area contributed by atoms with Gasteiger partial charge in [0.25, 0.3) is 5.91 Å². The first-order valence-corrected chi connectivity index (χ1v) is 8.55. The SMILES string of the molecule is Cc1ccc(C(=O)N2CCN(C[C@H](O)c3ccccc3)CC2)cc1F. The number of rotatable bonds is 4. The van der Waals surface area contributed by atoms with Crippen molar-refractivity contribution < 1.29 is 14.3 Å². The lowest BCUT2D eigenvalue weighted by Gasteiger charge is -2.35. The van der Waals surface area contributed by atoms with Gasteiger partial charge in [0.15, 0.2) is 0 Å². The molecule has 1 fully saturated rings. The Morgan fingerprint density at radius 3 is 2.44 bits per heavy atom. The van der Waals surface area contributed by atoms with Crippen molar-refractivity contribution in [1.29, 1.82) is 0 Å². The quantitative estimate of drug-likeness (QED) is 0.929. The highest BCUT2D eigenvalue weighted by Crippen LogP contribution is 2.16. The predicted molar refractivity (Wildman–Crippen MR) is 94.9 cm³/mol. The van der Waals surface area contributed by atoms with Gasteiger partial charge in [0.05, 0.1) is 6.10 Å². The molecule has 0 saturated carbocycles. The van der Waals surface area contributed by atoms with Gasteiger partial charge >= 0.3 is 0 Å². The van der Waals surface area contributed by atoms with Crippen LogP contribution in [0.25, 0.3) is 0 Å². The van der Waals surface area contributed by atoms with Gasteiger partial charge in [0.2, 0.25) is 0 Å². The van der Waals surface area contributed by atoms with E-state index in [1.54, 1.807) is 24.0 Å². The molecule has 0 aromatic heterocycles. The minimum atomic E-state index is -0.533. The first-order valence-electron chi connectivity index (χ1n) is 8.55. The third-order valence-electron chi connectivity index (χ3n) is 4.69. The maximum atomic E-state index is 13.7. The molecule has 132 valence electrons. The van der Waals surface area contributed by atoms with Crippen molar-refractivity contribution in [2.24, 2.45) is 0 Å². The van der Waals surface area contributed by atoms with Gasteiger partial charge in [0.1, 0.15) is 5.82 Å². The minimum Gasteiger partial charge on any atom is -0.387 e. The zero-order valence-electron chi connectivity index (χ0n) is 14.4. The van der Waals surface area contributed by atoms with Gasteiger partial charge in [-0.05, 0) is 30.2 Å². The summed E-state index contributed by atoms with van der Waals surface area (Å²) in [5.74, 6) is -0.488. The smallest absolute Gasteiger partial charge is 0.254 e. The second kappa shape index (κ2) is 7.76. The number of halogens is 1. The van der Waals surface area contributed by atoms with Crippen LogP contribution in [0, 0.1) is 12.7 Å². The Balaban J connectivity index is 1.54. The van der Waals surface area contributed by atoms with Crippen molar-refractivity contribution in [3.63, 3.8) is 0 Å². The summed E-state index contributed by atoms with van der Waals surface area (Å²) < 4.78 is 13.7. The first-order chi connectivity index (χ1) is 12.0. The summed E-state index contributed by atoms with van der Waals surface area (Å²) >= 11 is 0. The van der Waals surface area contributed by atoms with Gasteiger partial charge in [-0.2, -0.15) is 0 Å². The topological polar surface area (TPSA) is 43.8 Å². The molecule has 0 bridgehead atoms. The maximum absolute atomic E-state index is 13.7. The third kappa shape index (κ3) is 4.24. The number of amides is 1. The molecule has 1 N–H and O–H groups in total. The standard InChI is InChI=1S/C20H23FN2O2/c1-15-7-8-17(13-18(15)21)20(25)23-11-9-22(10-12-23)14-19(24)16-5-3-2-4-6-16/h2-8,13,19,24H,9-12,14H2,1H3/t19-/m0/s1. The molecule has 0 unspecified atom stereocenters. The Labute approximate surface area is 147 Å². The second-order valence-electron chi connectivity index (χ2n) is 6.48. The summed E-state index contributed by atoms with van der Waals surface area (Å²) in [5.41, 5.74) is 1.83. The predicted octanol–water partition coefficient (Wildman–Crippen LogP) is 2.63. The summed E-state index contributed by atoms with van der Waals surface area (Å²) in [6.45, 7) is 4.78. The van der Waals surface area contributed by atoms with Crippen molar-refractivity contribution in [3.8, 4) is 0 Å². The zero-order chi connectivity index (χ0) is 17.8. The molecule has 3 rings (SSSR count). The largest absolute Gasteiger partial charge is 0.387 e. The Kier molecular flexibility index (Phi) is 5.46. The van der Waals surface area contributed by atoms with Crippen LogP contribution in [0.15, 0.2) is 48.5 Å². The van der Waals surface area contributed by atoms with E-state index in [9.17, 15) is 14.3 Å². The molecule has 1 amide bonds. The average molecular weight is 342 g/mol. The Bertz CT molecular complexity index is 728. The molecule has 2 aromatic carbocycles. The van der Waals surface area contributed by atoms with E-state index in [2.05, 4.69) is 4.90 Å². The molecule has 1 heterocycles. The number of aliphatic hydroxyl groups is 1. The molecule has 1 aliphatic heterocycles. The molecule has 0 aliphatic carbocycles. The van der Waals surface area contributed by atoms with Crippen molar-refractivity contribution >= 4 is 5.91 Å². The molecule has 0 spiro atoms. The number of aliphatic hydroxyl groups excluding tert-OH is 1. The van der Waals surface area contributed by atoms with Gasteiger partial charge in [-0.25, -0.2) is 4.39 Å². The highest BCUT2D eigenvalue weighted by molar-refractivity contribution is 5.94. The lowest BCUT2D eigenvalue weighted by Crippen LogP contribution is -2.49. The Hall–Kier alpha value is -2.24. The van der Waals surface area contributed by atoms with Crippen LogP contribution in [-0.2, 0) is 0 Å². The second-order valence-corrected chi connectivity index (χ2v) is 6.48. The van der Waals surface area contributed by atoms with Crippen LogP contribution in [0.4, 0.5) is 4.39 Å². The zero-order valence-corrected chi connectivity index (χ0v) is 14.4. The van der Waals surface area contributed by atoms with E-state index in [1.165, 1.54) is 6.07 Å². The molecule has 1 saturated heterocycles. The van der Waals surface area contributed by atoms with Crippen LogP contribution >= 0.6 is 0 Å². The van der Waals surface area contributed by atoms with Gasteiger partial charge in [-0.15, -0.1) is 0 Å². The Morgan fingerprint density at radius 2 is 1.80 bits per heavy atom. The molecule has 25 heavy (non-hydrogen) atoms. The number of aryl methyl sites for hydroxylation is 1. The molecule has 0 radical (unpaired) electrons. The van der Waals surface area contributed by atoms with E-state index in [0.717, 1.165) is 5.56 Å². The van der Waals surface area contributed by atoms with Crippen LogP contribution in [0.5, 0.6) is 0 Å². The van der Waals surface area contributed by atoms with Crippen LogP contribution in [0.1, 0.15) is 27.6 Å². The number of β-amino-alcohol motifs (C(OH)–C–C–N with tert-alkyl or cyclic N) is 1. The molecule has 2 aromatic rings. The minimum absolute atomic E-state index is 0.137. The summed E-state index contributed by atoms with van der Waals surface area (Å²) in [5, 5.41) is 10.3. The number of carbonyl (C=O) groups is 1. The fraction of sp³-hybridized carbons (Fsp3) is 0.350. The summed E-state index contributed by atoms with van der Waals surface area (Å²) in [4.78, 5) is 16.4. The van der Waals surface area contributed by atoms with E-state index in [0.29, 0.717) is 43.9 Å². The highest BCUT2D eigenvalue weighted by atomic mass is 19.1. The fourth-order valence-corrected chi connectivity index (χ4v) is 3.07. The van der Waals surface area contributed by atoms with Crippen molar-refractivity contribution in [2.45, 2.75) is 13.0 Å². The maximum Gasteiger partial charge on any atom is 0.254 e. The van der Waals surface area contributed by atoms with Crippen molar-refractivity contribution in [3.05, 3.63) is 71.0 Å². The molecule has 4 nitrogen and oxygen atoms in total. The summed E-state index contributed by atoms with van der Waals surface area (Å²) in [7, 11) is 0. The number of nitrogens with zero attached hydrogens (tertiary/aromatic N) is 2. The highest BCUT2D eigenvalue weighted by Gasteiger charge is 2.24. The van der Waals surface area contributed by atoms with Gasteiger partial charge in [-0.1, -0.05) is 36.4 Å². The fourth-order valence-electron chi connectivity index (χ4n) is 3.07. The molecular formula is C20H23FN2O2. The van der Waals surface area contributed by atoms with Crippen LogP contribution in [-0.4, -0.2) is 53.5 Å². The average Bonchev–Trinajstić information content (AvgIpc) is 2.65.